The number of hydrogen-bond acceptors (Lipinski definition) is 4. The van der Waals surface area contributed by atoms with Gasteiger partial charge in [0.1, 0.15) is 12.3 Å². The molecule has 0 bridgehead atoms. The second kappa shape index (κ2) is 14.9. The number of halogens is 2. The summed E-state index contributed by atoms with van der Waals surface area (Å²) in [5.41, 5.74) is 2.65. The number of carbonyl (C=O) groups excluding carboxylic acids is 2. The van der Waals surface area contributed by atoms with Crippen molar-refractivity contribution in [1.29, 1.82) is 0 Å². The van der Waals surface area contributed by atoms with E-state index in [-0.39, 0.29) is 30.6 Å². The van der Waals surface area contributed by atoms with Gasteiger partial charge in [0.05, 0.1) is 17.1 Å². The van der Waals surface area contributed by atoms with Crippen molar-refractivity contribution >= 4 is 22.9 Å². The SMILES string of the molecule is CCCCCCCCCCCCCCC(=O)OCC1Cn2c(c(-c3ccc(F)c(F)c3)c3ncccc32)C(=O)N1C1CC1. The molecule has 8 heteroatoms. The number of ether oxygens (including phenoxy) is 1. The minimum Gasteiger partial charge on any atom is -0.463 e. The molecule has 1 fully saturated rings. The highest BCUT2D eigenvalue weighted by atomic mass is 19.2. The molecule has 3 heterocycles. The average Bonchev–Trinajstić information content (AvgIpc) is 3.79. The molecule has 1 atom stereocenters. The third kappa shape index (κ3) is 7.63. The van der Waals surface area contributed by atoms with Crippen LogP contribution in [0, 0.1) is 11.6 Å². The van der Waals surface area contributed by atoms with Crippen LogP contribution in [-0.4, -0.2) is 45.0 Å². The Balaban J connectivity index is 1.16. The molecule has 232 valence electrons. The summed E-state index contributed by atoms with van der Waals surface area (Å²) < 4.78 is 35.6. The molecule has 43 heavy (non-hydrogen) atoms. The average molecular weight is 594 g/mol. The molecule has 5 rings (SSSR count). The third-order valence-electron chi connectivity index (χ3n) is 8.86. The number of hydrogen-bond donors (Lipinski definition) is 0. The van der Waals surface area contributed by atoms with Gasteiger partial charge in [-0.05, 0) is 49.1 Å². The lowest BCUT2D eigenvalue weighted by Crippen LogP contribution is -2.51. The molecule has 1 unspecified atom stereocenters. The van der Waals surface area contributed by atoms with Crippen LogP contribution in [0.5, 0.6) is 0 Å². The predicted octanol–water partition coefficient (Wildman–Crippen LogP) is 8.60. The van der Waals surface area contributed by atoms with E-state index in [1.165, 1.54) is 63.9 Å². The highest BCUT2D eigenvalue weighted by Gasteiger charge is 2.44. The Morgan fingerprint density at radius 2 is 1.60 bits per heavy atom. The first-order chi connectivity index (χ1) is 21.0. The number of nitrogens with zero attached hydrogens (tertiary/aromatic N) is 3. The molecule has 1 aliphatic heterocycles. The smallest absolute Gasteiger partial charge is 0.305 e. The van der Waals surface area contributed by atoms with Crippen LogP contribution in [-0.2, 0) is 16.1 Å². The summed E-state index contributed by atoms with van der Waals surface area (Å²) in [5, 5.41) is 0. The summed E-state index contributed by atoms with van der Waals surface area (Å²) in [4.78, 5) is 33.0. The topological polar surface area (TPSA) is 64.4 Å². The number of fused-ring (bicyclic) bond motifs is 3. The van der Waals surface area contributed by atoms with Crippen molar-refractivity contribution in [2.75, 3.05) is 6.61 Å². The van der Waals surface area contributed by atoms with Crippen LogP contribution >= 0.6 is 0 Å². The molecule has 0 radical (unpaired) electrons. The van der Waals surface area contributed by atoms with E-state index in [2.05, 4.69) is 11.9 Å². The van der Waals surface area contributed by atoms with Crippen molar-refractivity contribution < 1.29 is 23.1 Å². The molecule has 2 aromatic heterocycles. The molecule has 1 aliphatic carbocycles. The number of aromatic nitrogens is 2. The van der Waals surface area contributed by atoms with E-state index in [1.807, 2.05) is 15.5 Å². The summed E-state index contributed by atoms with van der Waals surface area (Å²) in [6, 6.07) is 7.16. The zero-order valence-electron chi connectivity index (χ0n) is 25.5. The van der Waals surface area contributed by atoms with E-state index in [0.717, 1.165) is 49.8 Å². The fourth-order valence-corrected chi connectivity index (χ4v) is 6.42. The number of carbonyl (C=O) groups is 2. The zero-order chi connectivity index (χ0) is 30.2. The number of pyridine rings is 1. The normalized spacial score (nSPS) is 16.6. The summed E-state index contributed by atoms with van der Waals surface area (Å²) in [6.45, 7) is 2.83. The van der Waals surface area contributed by atoms with Crippen LogP contribution in [0.25, 0.3) is 22.2 Å². The van der Waals surface area contributed by atoms with Crippen molar-refractivity contribution in [1.82, 2.24) is 14.5 Å². The first-order valence-corrected chi connectivity index (χ1v) is 16.4. The van der Waals surface area contributed by atoms with Gasteiger partial charge in [-0.2, -0.15) is 0 Å². The Bertz CT molecular complexity index is 1400. The second-order valence-corrected chi connectivity index (χ2v) is 12.3. The van der Waals surface area contributed by atoms with Crippen molar-refractivity contribution in [3.63, 3.8) is 0 Å². The van der Waals surface area contributed by atoms with E-state index in [0.29, 0.717) is 35.3 Å². The minimum absolute atomic E-state index is 0.0880. The maximum absolute atomic E-state index is 14.2. The van der Waals surface area contributed by atoms with Gasteiger partial charge in [-0.15, -0.1) is 0 Å². The van der Waals surface area contributed by atoms with Gasteiger partial charge in [0.25, 0.3) is 5.91 Å². The highest BCUT2D eigenvalue weighted by Crippen LogP contribution is 2.41. The summed E-state index contributed by atoms with van der Waals surface area (Å²) in [7, 11) is 0. The van der Waals surface area contributed by atoms with Gasteiger partial charge in [0, 0.05) is 30.8 Å². The van der Waals surface area contributed by atoms with Crippen molar-refractivity contribution in [2.24, 2.45) is 0 Å². The molecule has 1 aromatic carbocycles. The van der Waals surface area contributed by atoms with Gasteiger partial charge in [0.15, 0.2) is 11.6 Å². The lowest BCUT2D eigenvalue weighted by atomic mass is 10.0. The summed E-state index contributed by atoms with van der Waals surface area (Å²) in [6.07, 6.45) is 18.7. The highest BCUT2D eigenvalue weighted by molar-refractivity contribution is 6.09. The number of rotatable bonds is 17. The Kier molecular flexibility index (Phi) is 10.8. The largest absolute Gasteiger partial charge is 0.463 e. The van der Waals surface area contributed by atoms with E-state index in [9.17, 15) is 18.4 Å². The quantitative estimate of drug-likeness (QED) is 0.116. The molecule has 0 N–H and O–H groups in total. The number of amides is 1. The van der Waals surface area contributed by atoms with Crippen LogP contribution in [0.4, 0.5) is 8.78 Å². The molecular formula is C35H45F2N3O3. The first-order valence-electron chi connectivity index (χ1n) is 16.4. The third-order valence-corrected chi connectivity index (χ3v) is 8.86. The molecule has 6 nitrogen and oxygen atoms in total. The molecular weight excluding hydrogens is 548 g/mol. The van der Waals surface area contributed by atoms with Crippen LogP contribution in [0.15, 0.2) is 36.5 Å². The van der Waals surface area contributed by atoms with Crippen LogP contribution in [0.1, 0.15) is 114 Å². The Morgan fingerprint density at radius 3 is 2.26 bits per heavy atom. The van der Waals surface area contributed by atoms with E-state index < -0.39 is 11.6 Å². The Labute approximate surface area is 253 Å². The number of esters is 1. The molecule has 1 amide bonds. The van der Waals surface area contributed by atoms with Crippen molar-refractivity contribution in [2.45, 2.75) is 122 Å². The van der Waals surface area contributed by atoms with Gasteiger partial charge in [-0.3, -0.25) is 14.6 Å². The standard InChI is InChI=1S/C35H45F2N3O3/c1-2-3-4-5-6-7-8-9-10-11-12-13-16-31(41)43-24-27-23-39-30-15-14-21-38-33(30)32(25-17-20-28(36)29(37)22-25)34(39)35(42)40(27)26-18-19-26/h14-15,17,20-22,26-27H,2-13,16,18-19,23-24H2,1H3. The second-order valence-electron chi connectivity index (χ2n) is 12.3. The van der Waals surface area contributed by atoms with Gasteiger partial charge in [-0.25, -0.2) is 8.78 Å². The molecule has 0 saturated heterocycles. The summed E-state index contributed by atoms with van der Waals surface area (Å²) >= 11 is 0. The Morgan fingerprint density at radius 1 is 0.930 bits per heavy atom. The van der Waals surface area contributed by atoms with E-state index in [1.54, 1.807) is 12.3 Å². The van der Waals surface area contributed by atoms with Crippen molar-refractivity contribution in [3.8, 4) is 11.1 Å². The molecule has 1 saturated carbocycles. The maximum Gasteiger partial charge on any atom is 0.305 e. The Hall–Kier alpha value is -3.29. The number of benzene rings is 1. The number of unbranched alkanes of at least 4 members (excludes halogenated alkanes) is 11. The molecule has 2 aliphatic rings. The van der Waals surface area contributed by atoms with Gasteiger partial charge >= 0.3 is 5.97 Å². The van der Waals surface area contributed by atoms with Crippen LogP contribution in [0.3, 0.4) is 0 Å². The van der Waals surface area contributed by atoms with Gasteiger partial charge in [0.2, 0.25) is 0 Å². The first kappa shape index (κ1) is 31.1. The fourth-order valence-electron chi connectivity index (χ4n) is 6.42. The van der Waals surface area contributed by atoms with Crippen LogP contribution < -0.4 is 0 Å². The molecule has 0 spiro atoms. The fraction of sp³-hybridized carbons (Fsp3) is 0.571. The van der Waals surface area contributed by atoms with Gasteiger partial charge < -0.3 is 14.2 Å². The zero-order valence-corrected chi connectivity index (χ0v) is 25.5. The van der Waals surface area contributed by atoms with Gasteiger partial charge in [-0.1, -0.05) is 83.6 Å². The summed E-state index contributed by atoms with van der Waals surface area (Å²) in [5.74, 6) is -2.32. The predicted molar refractivity (Wildman–Crippen MR) is 165 cm³/mol. The maximum atomic E-state index is 14.2. The van der Waals surface area contributed by atoms with E-state index in [4.69, 9.17) is 4.74 Å². The van der Waals surface area contributed by atoms with Crippen molar-refractivity contribution in [3.05, 3.63) is 53.9 Å². The van der Waals surface area contributed by atoms with Crippen LogP contribution in [0.2, 0.25) is 0 Å². The monoisotopic (exact) mass is 593 g/mol. The van der Waals surface area contributed by atoms with E-state index >= 15 is 0 Å². The lowest BCUT2D eigenvalue weighted by molar-refractivity contribution is -0.145. The minimum atomic E-state index is -0.971. The molecule has 3 aromatic rings. The lowest BCUT2D eigenvalue weighted by Gasteiger charge is -2.37.